The van der Waals surface area contributed by atoms with E-state index in [1.54, 1.807) is 0 Å². The average molecular weight is 192 g/mol. The van der Waals surface area contributed by atoms with Crippen LogP contribution in [0.1, 0.15) is 32.6 Å². The van der Waals surface area contributed by atoms with E-state index in [-0.39, 0.29) is 11.9 Å². The van der Waals surface area contributed by atoms with E-state index >= 15 is 0 Å². The van der Waals surface area contributed by atoms with Crippen molar-refractivity contribution in [3.63, 3.8) is 0 Å². The molecule has 0 bridgehead atoms. The molecule has 0 saturated heterocycles. The van der Waals surface area contributed by atoms with Crippen molar-refractivity contribution in [1.82, 2.24) is 5.32 Å². The van der Waals surface area contributed by atoms with Gasteiger partial charge in [-0.2, -0.15) is 5.26 Å². The van der Waals surface area contributed by atoms with Gasteiger partial charge in [-0.25, -0.2) is 0 Å². The molecule has 2 atom stereocenters. The Morgan fingerprint density at radius 2 is 2.50 bits per heavy atom. The summed E-state index contributed by atoms with van der Waals surface area (Å²) in [5.41, 5.74) is 0. The molecule has 76 valence electrons. The summed E-state index contributed by atoms with van der Waals surface area (Å²) < 4.78 is 0. The van der Waals surface area contributed by atoms with Gasteiger partial charge in [-0.3, -0.25) is 4.79 Å². The van der Waals surface area contributed by atoms with E-state index in [4.69, 9.17) is 5.26 Å². The quantitative estimate of drug-likeness (QED) is 0.693. The molecule has 0 saturated carbocycles. The lowest BCUT2D eigenvalue weighted by atomic mass is 10.0. The van der Waals surface area contributed by atoms with Crippen LogP contribution in [0.15, 0.2) is 12.2 Å². The van der Waals surface area contributed by atoms with Crippen LogP contribution in [0.2, 0.25) is 0 Å². The lowest BCUT2D eigenvalue weighted by molar-refractivity contribution is -0.124. The normalized spacial score (nSPS) is 22.4. The highest BCUT2D eigenvalue weighted by molar-refractivity contribution is 5.81. The van der Waals surface area contributed by atoms with E-state index in [9.17, 15) is 4.79 Å². The van der Waals surface area contributed by atoms with Crippen molar-refractivity contribution in [1.29, 1.82) is 5.26 Å². The molecule has 1 N–H and O–H groups in total. The van der Waals surface area contributed by atoms with Gasteiger partial charge in [0, 0.05) is 6.04 Å². The van der Waals surface area contributed by atoms with Crippen LogP contribution >= 0.6 is 0 Å². The summed E-state index contributed by atoms with van der Waals surface area (Å²) in [6.45, 7) is 1.86. The van der Waals surface area contributed by atoms with Crippen LogP contribution in [0.4, 0.5) is 0 Å². The van der Waals surface area contributed by atoms with E-state index in [1.807, 2.05) is 13.0 Å². The monoisotopic (exact) mass is 192 g/mol. The third-order valence-corrected chi connectivity index (χ3v) is 2.50. The number of hydrogen-bond donors (Lipinski definition) is 1. The minimum absolute atomic E-state index is 0.115. The fourth-order valence-corrected chi connectivity index (χ4v) is 1.56. The first-order valence-corrected chi connectivity index (χ1v) is 5.13. The van der Waals surface area contributed by atoms with Crippen molar-refractivity contribution in [2.24, 2.45) is 5.92 Å². The molecule has 0 aromatic heterocycles. The van der Waals surface area contributed by atoms with E-state index in [0.29, 0.717) is 6.42 Å². The molecule has 0 heterocycles. The number of nitrogens with one attached hydrogen (secondary N) is 1. The smallest absolute Gasteiger partial charge is 0.237 e. The zero-order valence-corrected chi connectivity index (χ0v) is 8.49. The molecule has 0 aromatic carbocycles. The summed E-state index contributed by atoms with van der Waals surface area (Å²) in [6, 6.07) is 2.24. The Kier molecular flexibility index (Phi) is 4.18. The molecule has 0 radical (unpaired) electrons. The van der Waals surface area contributed by atoms with Gasteiger partial charge in [0.15, 0.2) is 0 Å². The minimum atomic E-state index is -0.485. The molecule has 0 fully saturated rings. The molecule has 2 unspecified atom stereocenters. The Labute approximate surface area is 84.8 Å². The number of nitrogens with zero attached hydrogens (tertiary/aromatic N) is 1. The van der Waals surface area contributed by atoms with Crippen molar-refractivity contribution in [3.8, 4) is 6.07 Å². The zero-order chi connectivity index (χ0) is 10.4. The van der Waals surface area contributed by atoms with Crippen LogP contribution in [-0.2, 0) is 4.79 Å². The highest BCUT2D eigenvalue weighted by Gasteiger charge is 2.19. The highest BCUT2D eigenvalue weighted by atomic mass is 16.1. The van der Waals surface area contributed by atoms with E-state index in [1.165, 1.54) is 0 Å². The zero-order valence-electron chi connectivity index (χ0n) is 8.49. The fraction of sp³-hybridized carbons (Fsp3) is 0.636. The first kappa shape index (κ1) is 10.8. The van der Waals surface area contributed by atoms with Gasteiger partial charge in [0.25, 0.3) is 0 Å². The van der Waals surface area contributed by atoms with Crippen LogP contribution in [0, 0.1) is 17.2 Å². The lowest BCUT2D eigenvalue weighted by Crippen LogP contribution is -2.38. The topological polar surface area (TPSA) is 52.9 Å². The van der Waals surface area contributed by atoms with Crippen molar-refractivity contribution in [3.05, 3.63) is 12.2 Å². The minimum Gasteiger partial charge on any atom is -0.352 e. The standard InChI is InChI=1S/C11H16N2O/c1-2-9(8-12)11(14)13-10-6-4-3-5-7-10/h3-4,9-10H,2,5-7H2,1H3,(H,13,14). The number of carbonyl (C=O) groups excluding carboxylic acids is 1. The van der Waals surface area contributed by atoms with Crippen molar-refractivity contribution in [2.75, 3.05) is 0 Å². The van der Waals surface area contributed by atoms with Gasteiger partial charge in [0.05, 0.1) is 6.07 Å². The second-order valence-corrected chi connectivity index (χ2v) is 3.58. The molecule has 0 spiro atoms. The SMILES string of the molecule is CCC(C#N)C(=O)NC1CC=CCC1. The number of hydrogen-bond acceptors (Lipinski definition) is 2. The Bertz CT molecular complexity index is 265. The van der Waals surface area contributed by atoms with Crippen molar-refractivity contribution < 1.29 is 4.79 Å². The maximum atomic E-state index is 11.5. The van der Waals surface area contributed by atoms with Crippen LogP contribution in [-0.4, -0.2) is 11.9 Å². The summed E-state index contributed by atoms with van der Waals surface area (Å²) in [4.78, 5) is 11.5. The predicted molar refractivity (Wildman–Crippen MR) is 54.3 cm³/mol. The molecule has 0 aliphatic heterocycles. The molecule has 1 amide bonds. The molecule has 1 rings (SSSR count). The van der Waals surface area contributed by atoms with Crippen molar-refractivity contribution in [2.45, 2.75) is 38.6 Å². The molecule has 1 aliphatic rings. The molecular formula is C11H16N2O. The predicted octanol–water partition coefficient (Wildman–Crippen LogP) is 1.76. The first-order chi connectivity index (χ1) is 6.77. The van der Waals surface area contributed by atoms with Crippen LogP contribution in [0.3, 0.4) is 0 Å². The summed E-state index contributed by atoms with van der Waals surface area (Å²) in [7, 11) is 0. The Morgan fingerprint density at radius 3 is 3.00 bits per heavy atom. The van der Waals surface area contributed by atoms with Gasteiger partial charge >= 0.3 is 0 Å². The van der Waals surface area contributed by atoms with Gasteiger partial charge in [-0.05, 0) is 25.7 Å². The molecule has 3 nitrogen and oxygen atoms in total. The molecule has 3 heteroatoms. The summed E-state index contributed by atoms with van der Waals surface area (Å²) in [5, 5.41) is 11.6. The van der Waals surface area contributed by atoms with E-state index in [2.05, 4.69) is 17.5 Å². The third-order valence-electron chi connectivity index (χ3n) is 2.50. The van der Waals surface area contributed by atoms with Crippen LogP contribution in [0.25, 0.3) is 0 Å². The van der Waals surface area contributed by atoms with E-state index in [0.717, 1.165) is 19.3 Å². The average Bonchev–Trinajstić information content (AvgIpc) is 2.21. The number of allylic oxidation sites excluding steroid dienone is 1. The van der Waals surface area contributed by atoms with Crippen LogP contribution in [0.5, 0.6) is 0 Å². The number of nitriles is 1. The largest absolute Gasteiger partial charge is 0.352 e. The Hall–Kier alpha value is -1.30. The number of rotatable bonds is 3. The number of carbonyl (C=O) groups is 1. The molecular weight excluding hydrogens is 176 g/mol. The second kappa shape index (κ2) is 5.43. The van der Waals surface area contributed by atoms with Crippen molar-refractivity contribution >= 4 is 5.91 Å². The van der Waals surface area contributed by atoms with Gasteiger partial charge < -0.3 is 5.32 Å². The maximum absolute atomic E-state index is 11.5. The Balaban J connectivity index is 2.40. The first-order valence-electron chi connectivity index (χ1n) is 5.13. The van der Waals surface area contributed by atoms with Gasteiger partial charge in [0.1, 0.15) is 5.92 Å². The summed E-state index contributed by atoms with van der Waals surface area (Å²) in [6.07, 6.45) is 7.71. The van der Waals surface area contributed by atoms with Gasteiger partial charge in [-0.1, -0.05) is 19.1 Å². The maximum Gasteiger partial charge on any atom is 0.237 e. The molecule has 0 aromatic rings. The fourth-order valence-electron chi connectivity index (χ4n) is 1.56. The highest BCUT2D eigenvalue weighted by Crippen LogP contribution is 2.11. The second-order valence-electron chi connectivity index (χ2n) is 3.58. The van der Waals surface area contributed by atoms with Crippen LogP contribution < -0.4 is 5.32 Å². The third kappa shape index (κ3) is 2.88. The summed E-state index contributed by atoms with van der Waals surface area (Å²) in [5.74, 6) is -0.601. The van der Waals surface area contributed by atoms with Gasteiger partial charge in [0.2, 0.25) is 5.91 Å². The summed E-state index contributed by atoms with van der Waals surface area (Å²) >= 11 is 0. The van der Waals surface area contributed by atoms with E-state index < -0.39 is 5.92 Å². The molecule has 1 aliphatic carbocycles. The number of amides is 1. The molecule has 14 heavy (non-hydrogen) atoms. The van der Waals surface area contributed by atoms with Gasteiger partial charge in [-0.15, -0.1) is 0 Å². The Morgan fingerprint density at radius 1 is 1.71 bits per heavy atom. The lowest BCUT2D eigenvalue weighted by Gasteiger charge is -2.20.